The van der Waals surface area contributed by atoms with Gasteiger partial charge in [0.25, 0.3) is 0 Å². The Bertz CT molecular complexity index is 471. The van der Waals surface area contributed by atoms with Gasteiger partial charge in [0.05, 0.1) is 15.8 Å². The van der Waals surface area contributed by atoms with Gasteiger partial charge < -0.3 is 10.4 Å². The summed E-state index contributed by atoms with van der Waals surface area (Å²) >= 11 is 1.64. The highest BCUT2D eigenvalue weighted by atomic mass is 32.1. The first-order chi connectivity index (χ1) is 7.75. The number of thiazole rings is 1. The van der Waals surface area contributed by atoms with Crippen LogP contribution in [0.25, 0.3) is 10.2 Å². The lowest BCUT2D eigenvalue weighted by Gasteiger charge is -2.36. The van der Waals surface area contributed by atoms with Crippen molar-refractivity contribution in [3.63, 3.8) is 0 Å². The minimum atomic E-state index is -0.488. The van der Waals surface area contributed by atoms with Crippen molar-refractivity contribution in [3.8, 4) is 0 Å². The molecule has 0 atom stereocenters. The van der Waals surface area contributed by atoms with Crippen molar-refractivity contribution in [2.24, 2.45) is 0 Å². The molecule has 0 unspecified atom stereocenters. The molecule has 2 aromatic rings. The monoisotopic (exact) mass is 234 g/mol. The second-order valence-corrected chi connectivity index (χ2v) is 5.45. The molecule has 0 spiro atoms. The molecule has 0 amide bonds. The molecule has 1 saturated carbocycles. The highest BCUT2D eigenvalue weighted by Gasteiger charge is 2.34. The number of benzene rings is 1. The van der Waals surface area contributed by atoms with Crippen LogP contribution in [0.5, 0.6) is 0 Å². The molecule has 1 aliphatic carbocycles. The molecule has 84 valence electrons. The molecule has 0 radical (unpaired) electrons. The van der Waals surface area contributed by atoms with Gasteiger partial charge in [-0.2, -0.15) is 0 Å². The first kappa shape index (κ1) is 10.1. The van der Waals surface area contributed by atoms with Crippen LogP contribution in [0.3, 0.4) is 0 Å². The third kappa shape index (κ3) is 1.79. The molecule has 4 heteroatoms. The lowest BCUT2D eigenvalue weighted by molar-refractivity contribution is -0.0201. The van der Waals surface area contributed by atoms with Gasteiger partial charge in [-0.15, -0.1) is 0 Å². The van der Waals surface area contributed by atoms with Crippen LogP contribution in [0.4, 0.5) is 5.13 Å². The summed E-state index contributed by atoms with van der Waals surface area (Å²) in [6.45, 7) is 0.618. The summed E-state index contributed by atoms with van der Waals surface area (Å²) in [4.78, 5) is 4.47. The number of aromatic nitrogens is 1. The van der Waals surface area contributed by atoms with Crippen molar-refractivity contribution in [1.82, 2.24) is 4.98 Å². The molecule has 0 bridgehead atoms. The topological polar surface area (TPSA) is 45.1 Å². The molecule has 1 fully saturated rings. The van der Waals surface area contributed by atoms with E-state index in [1.54, 1.807) is 11.3 Å². The number of hydrogen-bond acceptors (Lipinski definition) is 4. The predicted octanol–water partition coefficient (Wildman–Crippen LogP) is 2.62. The number of rotatable bonds is 3. The van der Waals surface area contributed by atoms with Gasteiger partial charge in [0, 0.05) is 6.54 Å². The Labute approximate surface area is 98.1 Å². The Balaban J connectivity index is 1.74. The lowest BCUT2D eigenvalue weighted by atomic mass is 9.80. The third-order valence-corrected chi connectivity index (χ3v) is 4.14. The number of nitrogens with zero attached hydrogens (tertiary/aromatic N) is 1. The molecular formula is C12H14N2OS. The van der Waals surface area contributed by atoms with E-state index in [2.05, 4.69) is 16.4 Å². The van der Waals surface area contributed by atoms with E-state index in [1.807, 2.05) is 18.2 Å². The van der Waals surface area contributed by atoms with E-state index in [0.717, 1.165) is 29.9 Å². The fourth-order valence-corrected chi connectivity index (χ4v) is 2.81. The molecule has 1 aromatic carbocycles. The summed E-state index contributed by atoms with van der Waals surface area (Å²) in [7, 11) is 0. The van der Waals surface area contributed by atoms with Crippen LogP contribution < -0.4 is 5.32 Å². The number of para-hydroxylation sites is 1. The van der Waals surface area contributed by atoms with Crippen LogP contribution in [-0.2, 0) is 0 Å². The predicted molar refractivity (Wildman–Crippen MR) is 66.9 cm³/mol. The fourth-order valence-electron chi connectivity index (χ4n) is 1.95. The zero-order valence-corrected chi connectivity index (χ0v) is 9.76. The molecule has 3 rings (SSSR count). The Morgan fingerprint density at radius 2 is 2.19 bits per heavy atom. The third-order valence-electron chi connectivity index (χ3n) is 3.15. The molecule has 0 aliphatic heterocycles. The van der Waals surface area contributed by atoms with Crippen LogP contribution in [0.15, 0.2) is 24.3 Å². The van der Waals surface area contributed by atoms with Crippen molar-refractivity contribution < 1.29 is 5.11 Å². The Kier molecular flexibility index (Phi) is 2.33. The number of aliphatic hydroxyl groups is 1. The molecular weight excluding hydrogens is 220 g/mol. The molecule has 1 aromatic heterocycles. The second-order valence-electron chi connectivity index (χ2n) is 4.42. The van der Waals surface area contributed by atoms with Crippen molar-refractivity contribution in [1.29, 1.82) is 0 Å². The molecule has 3 nitrogen and oxygen atoms in total. The Morgan fingerprint density at radius 1 is 1.38 bits per heavy atom. The maximum Gasteiger partial charge on any atom is 0.183 e. The average molecular weight is 234 g/mol. The van der Waals surface area contributed by atoms with Crippen molar-refractivity contribution in [2.45, 2.75) is 24.9 Å². The van der Waals surface area contributed by atoms with Crippen molar-refractivity contribution in [3.05, 3.63) is 24.3 Å². The first-order valence-corrected chi connectivity index (χ1v) is 6.39. The van der Waals surface area contributed by atoms with Crippen LogP contribution in [-0.4, -0.2) is 22.2 Å². The van der Waals surface area contributed by atoms with Gasteiger partial charge in [0.15, 0.2) is 5.13 Å². The number of hydrogen-bond donors (Lipinski definition) is 2. The average Bonchev–Trinajstić information content (AvgIpc) is 2.66. The quantitative estimate of drug-likeness (QED) is 0.858. The van der Waals surface area contributed by atoms with E-state index >= 15 is 0 Å². The normalized spacial score (nSPS) is 18.3. The van der Waals surface area contributed by atoms with Gasteiger partial charge in [-0.3, -0.25) is 0 Å². The zero-order valence-electron chi connectivity index (χ0n) is 8.94. The van der Waals surface area contributed by atoms with Gasteiger partial charge in [0.1, 0.15) is 0 Å². The Morgan fingerprint density at radius 3 is 2.88 bits per heavy atom. The fraction of sp³-hybridized carbons (Fsp3) is 0.417. The van der Waals surface area contributed by atoms with Crippen LogP contribution in [0.2, 0.25) is 0 Å². The maximum atomic E-state index is 9.96. The molecule has 2 N–H and O–H groups in total. The Hall–Kier alpha value is -1.13. The van der Waals surface area contributed by atoms with Crippen molar-refractivity contribution >= 4 is 26.7 Å². The van der Waals surface area contributed by atoms with Gasteiger partial charge in [0.2, 0.25) is 0 Å². The minimum absolute atomic E-state index is 0.488. The summed E-state index contributed by atoms with van der Waals surface area (Å²) in [6, 6.07) is 8.08. The van der Waals surface area contributed by atoms with E-state index in [9.17, 15) is 5.11 Å². The summed E-state index contributed by atoms with van der Waals surface area (Å²) < 4.78 is 1.19. The van der Waals surface area contributed by atoms with E-state index in [0.29, 0.717) is 6.54 Å². The molecule has 0 saturated heterocycles. The van der Waals surface area contributed by atoms with Gasteiger partial charge in [-0.1, -0.05) is 23.5 Å². The summed E-state index contributed by atoms with van der Waals surface area (Å²) in [5, 5.41) is 14.1. The summed E-state index contributed by atoms with van der Waals surface area (Å²) in [6.07, 6.45) is 2.95. The van der Waals surface area contributed by atoms with Gasteiger partial charge >= 0.3 is 0 Å². The molecule has 1 heterocycles. The van der Waals surface area contributed by atoms with Crippen LogP contribution in [0, 0.1) is 0 Å². The van der Waals surface area contributed by atoms with Gasteiger partial charge in [-0.25, -0.2) is 4.98 Å². The van der Waals surface area contributed by atoms with E-state index in [4.69, 9.17) is 0 Å². The standard InChI is InChI=1S/C12H14N2OS/c15-12(6-3-7-12)8-13-11-14-9-4-1-2-5-10(9)16-11/h1-2,4-5,15H,3,6-8H2,(H,13,14). The molecule has 1 aliphatic rings. The smallest absolute Gasteiger partial charge is 0.183 e. The largest absolute Gasteiger partial charge is 0.388 e. The zero-order chi connectivity index (χ0) is 11.0. The van der Waals surface area contributed by atoms with Crippen LogP contribution >= 0.6 is 11.3 Å². The lowest BCUT2D eigenvalue weighted by Crippen LogP contribution is -2.43. The number of fused-ring (bicyclic) bond motifs is 1. The first-order valence-electron chi connectivity index (χ1n) is 5.57. The van der Waals surface area contributed by atoms with E-state index in [1.165, 1.54) is 4.70 Å². The SMILES string of the molecule is OC1(CNc2nc3ccccc3s2)CCC1. The van der Waals surface area contributed by atoms with Gasteiger partial charge in [-0.05, 0) is 31.4 Å². The summed E-state index contributed by atoms with van der Waals surface area (Å²) in [5.74, 6) is 0. The number of anilines is 1. The van der Waals surface area contributed by atoms with E-state index < -0.39 is 5.60 Å². The van der Waals surface area contributed by atoms with Crippen molar-refractivity contribution in [2.75, 3.05) is 11.9 Å². The number of nitrogens with one attached hydrogen (secondary N) is 1. The van der Waals surface area contributed by atoms with E-state index in [-0.39, 0.29) is 0 Å². The molecule has 16 heavy (non-hydrogen) atoms. The summed E-state index contributed by atoms with van der Waals surface area (Å²) in [5.41, 5.74) is 0.535. The second kappa shape index (κ2) is 3.71. The van der Waals surface area contributed by atoms with Crippen LogP contribution in [0.1, 0.15) is 19.3 Å². The maximum absolute atomic E-state index is 9.96. The minimum Gasteiger partial charge on any atom is -0.388 e. The highest BCUT2D eigenvalue weighted by Crippen LogP contribution is 2.32. The highest BCUT2D eigenvalue weighted by molar-refractivity contribution is 7.22.